The second-order valence-electron chi connectivity index (χ2n) is 4.02. The molecular weight excluding hydrogens is 182 g/mol. The Bertz CT molecular complexity index is 338. The smallest absolute Gasteiger partial charge is 0.0635 e. The summed E-state index contributed by atoms with van der Waals surface area (Å²) >= 11 is 0. The predicted octanol–water partition coefficient (Wildman–Crippen LogP) is 3.61. The highest BCUT2D eigenvalue weighted by Gasteiger charge is 2.05. The summed E-state index contributed by atoms with van der Waals surface area (Å²) in [5.74, 6) is 0.665. The Labute approximate surface area is 91.6 Å². The van der Waals surface area contributed by atoms with E-state index in [4.69, 9.17) is 0 Å². The van der Waals surface area contributed by atoms with Gasteiger partial charge >= 0.3 is 0 Å². The number of nitrogens with zero attached hydrogens (tertiary/aromatic N) is 1. The molecule has 1 aliphatic carbocycles. The minimum absolute atomic E-state index is 0.665. The monoisotopic (exact) mass is 199 g/mol. The Morgan fingerprint density at radius 3 is 2.80 bits per heavy atom. The third-order valence-electron chi connectivity index (χ3n) is 2.74. The van der Waals surface area contributed by atoms with Gasteiger partial charge in [-0.3, -0.25) is 4.99 Å². The molecule has 0 saturated carbocycles. The largest absolute Gasteiger partial charge is 0.292 e. The number of allylic oxidation sites excluding steroid dienone is 2. The first kappa shape index (κ1) is 10.2. The molecule has 1 nitrogen and oxygen atoms in total. The van der Waals surface area contributed by atoms with E-state index >= 15 is 0 Å². The summed E-state index contributed by atoms with van der Waals surface area (Å²) < 4.78 is 0. The van der Waals surface area contributed by atoms with Gasteiger partial charge in [-0.2, -0.15) is 0 Å². The second kappa shape index (κ2) is 5.50. The van der Waals surface area contributed by atoms with Crippen LogP contribution in [-0.2, 0) is 6.54 Å². The Morgan fingerprint density at radius 1 is 1.20 bits per heavy atom. The number of benzene rings is 1. The first-order valence-electron chi connectivity index (χ1n) is 5.64. The molecule has 0 aromatic heterocycles. The maximum absolute atomic E-state index is 4.51. The van der Waals surface area contributed by atoms with Crippen LogP contribution in [-0.4, -0.2) is 6.21 Å². The van der Waals surface area contributed by atoms with E-state index in [1.54, 1.807) is 0 Å². The molecular formula is C14H17N. The van der Waals surface area contributed by atoms with Gasteiger partial charge in [0.1, 0.15) is 0 Å². The van der Waals surface area contributed by atoms with Crippen LogP contribution in [0.5, 0.6) is 0 Å². The lowest BCUT2D eigenvalue weighted by Crippen LogP contribution is -2.03. The summed E-state index contributed by atoms with van der Waals surface area (Å²) in [7, 11) is 0. The molecule has 2 rings (SSSR count). The van der Waals surface area contributed by atoms with Crippen molar-refractivity contribution >= 4 is 6.21 Å². The SMILES string of the molecule is C1=CCC(C=NCc2ccccc2)CC1. The summed E-state index contributed by atoms with van der Waals surface area (Å²) in [5.41, 5.74) is 1.29. The lowest BCUT2D eigenvalue weighted by Gasteiger charge is -2.11. The van der Waals surface area contributed by atoms with E-state index in [1.165, 1.54) is 18.4 Å². The molecule has 0 aliphatic heterocycles. The molecule has 78 valence electrons. The normalized spacial score (nSPS) is 20.9. The molecule has 0 saturated heterocycles. The Hall–Kier alpha value is -1.37. The van der Waals surface area contributed by atoms with Gasteiger partial charge < -0.3 is 0 Å². The van der Waals surface area contributed by atoms with Crippen LogP contribution in [0, 0.1) is 5.92 Å². The Morgan fingerprint density at radius 2 is 2.07 bits per heavy atom. The molecule has 0 bridgehead atoms. The van der Waals surface area contributed by atoms with E-state index in [0.717, 1.165) is 13.0 Å². The molecule has 0 radical (unpaired) electrons. The standard InChI is InChI=1S/C14H17N/c1-3-7-13(8-4-1)11-15-12-14-9-5-2-6-10-14/h1-5,7-8,12,14H,6,9-11H2. The van der Waals surface area contributed by atoms with Crippen molar-refractivity contribution in [1.29, 1.82) is 0 Å². The van der Waals surface area contributed by atoms with Gasteiger partial charge in [-0.1, -0.05) is 42.5 Å². The maximum Gasteiger partial charge on any atom is 0.0635 e. The maximum atomic E-state index is 4.51. The molecule has 1 heteroatoms. The van der Waals surface area contributed by atoms with E-state index < -0.39 is 0 Å². The van der Waals surface area contributed by atoms with Crippen LogP contribution in [0.25, 0.3) is 0 Å². The highest BCUT2D eigenvalue weighted by Crippen LogP contribution is 2.16. The van der Waals surface area contributed by atoms with Crippen molar-refractivity contribution in [2.75, 3.05) is 0 Å². The van der Waals surface area contributed by atoms with Gasteiger partial charge in [0.25, 0.3) is 0 Å². The number of hydrogen-bond donors (Lipinski definition) is 0. The Balaban J connectivity index is 1.82. The van der Waals surface area contributed by atoms with Crippen LogP contribution in [0.15, 0.2) is 47.5 Å². The first-order valence-corrected chi connectivity index (χ1v) is 5.64. The van der Waals surface area contributed by atoms with E-state index in [2.05, 4.69) is 47.6 Å². The van der Waals surface area contributed by atoms with Crippen molar-refractivity contribution < 1.29 is 0 Å². The van der Waals surface area contributed by atoms with Crippen LogP contribution in [0.2, 0.25) is 0 Å². The molecule has 0 spiro atoms. The highest BCUT2D eigenvalue weighted by molar-refractivity contribution is 5.61. The van der Waals surface area contributed by atoms with Gasteiger partial charge in [-0.15, -0.1) is 0 Å². The summed E-state index contributed by atoms with van der Waals surface area (Å²) in [4.78, 5) is 4.51. The lowest BCUT2D eigenvalue weighted by molar-refractivity contribution is 0.625. The van der Waals surface area contributed by atoms with E-state index in [1.807, 2.05) is 6.07 Å². The van der Waals surface area contributed by atoms with E-state index in [0.29, 0.717) is 5.92 Å². The minimum atomic E-state index is 0.665. The summed E-state index contributed by atoms with van der Waals surface area (Å²) in [6.45, 7) is 0.820. The predicted molar refractivity (Wildman–Crippen MR) is 65.1 cm³/mol. The average Bonchev–Trinajstić information content (AvgIpc) is 2.32. The fourth-order valence-corrected chi connectivity index (χ4v) is 1.84. The number of hydrogen-bond acceptors (Lipinski definition) is 1. The number of aliphatic imine (C=N–C) groups is 1. The summed E-state index contributed by atoms with van der Waals surface area (Å²) in [5, 5.41) is 0. The molecule has 1 atom stereocenters. The van der Waals surface area contributed by atoms with Crippen molar-refractivity contribution in [2.45, 2.75) is 25.8 Å². The second-order valence-corrected chi connectivity index (χ2v) is 4.02. The van der Waals surface area contributed by atoms with Crippen molar-refractivity contribution in [1.82, 2.24) is 0 Å². The van der Waals surface area contributed by atoms with Crippen molar-refractivity contribution in [3.05, 3.63) is 48.0 Å². The zero-order valence-electron chi connectivity index (χ0n) is 8.97. The van der Waals surface area contributed by atoms with Gasteiger partial charge in [0, 0.05) is 6.21 Å². The van der Waals surface area contributed by atoms with Gasteiger partial charge in [-0.25, -0.2) is 0 Å². The first-order chi connectivity index (χ1) is 7.45. The molecule has 0 heterocycles. The molecule has 15 heavy (non-hydrogen) atoms. The van der Waals surface area contributed by atoms with Crippen molar-refractivity contribution in [2.24, 2.45) is 10.9 Å². The van der Waals surface area contributed by atoms with Gasteiger partial charge in [0.15, 0.2) is 0 Å². The van der Waals surface area contributed by atoms with Crippen LogP contribution >= 0.6 is 0 Å². The molecule has 1 unspecified atom stereocenters. The molecule has 1 aromatic carbocycles. The summed E-state index contributed by atoms with van der Waals surface area (Å²) in [6.07, 6.45) is 10.3. The third kappa shape index (κ3) is 3.35. The average molecular weight is 199 g/mol. The lowest BCUT2D eigenvalue weighted by atomic mass is 9.96. The highest BCUT2D eigenvalue weighted by atomic mass is 14.7. The van der Waals surface area contributed by atoms with Gasteiger partial charge in [-0.05, 0) is 30.7 Å². The molecule has 1 aromatic rings. The number of rotatable bonds is 3. The fourth-order valence-electron chi connectivity index (χ4n) is 1.84. The molecule has 0 amide bonds. The summed E-state index contributed by atoms with van der Waals surface area (Å²) in [6, 6.07) is 10.4. The molecule has 0 fully saturated rings. The van der Waals surface area contributed by atoms with E-state index in [-0.39, 0.29) is 0 Å². The Kier molecular flexibility index (Phi) is 3.72. The van der Waals surface area contributed by atoms with Gasteiger partial charge in [0.2, 0.25) is 0 Å². The quantitative estimate of drug-likeness (QED) is 0.521. The zero-order valence-corrected chi connectivity index (χ0v) is 8.97. The third-order valence-corrected chi connectivity index (χ3v) is 2.74. The van der Waals surface area contributed by atoms with Crippen molar-refractivity contribution in [3.63, 3.8) is 0 Å². The zero-order chi connectivity index (χ0) is 10.3. The minimum Gasteiger partial charge on any atom is -0.292 e. The molecule has 1 aliphatic rings. The van der Waals surface area contributed by atoms with Crippen LogP contribution in [0.3, 0.4) is 0 Å². The van der Waals surface area contributed by atoms with Crippen LogP contribution in [0.1, 0.15) is 24.8 Å². The van der Waals surface area contributed by atoms with Crippen LogP contribution < -0.4 is 0 Å². The fraction of sp³-hybridized carbons (Fsp3) is 0.357. The van der Waals surface area contributed by atoms with Crippen LogP contribution in [0.4, 0.5) is 0 Å². The van der Waals surface area contributed by atoms with Crippen molar-refractivity contribution in [3.8, 4) is 0 Å². The van der Waals surface area contributed by atoms with E-state index in [9.17, 15) is 0 Å². The van der Waals surface area contributed by atoms with Gasteiger partial charge in [0.05, 0.1) is 6.54 Å². The topological polar surface area (TPSA) is 12.4 Å². The molecule has 0 N–H and O–H groups in total.